The summed E-state index contributed by atoms with van der Waals surface area (Å²) in [5, 5.41) is 9.66. The van der Waals surface area contributed by atoms with Crippen LogP contribution in [0.5, 0.6) is 5.75 Å². The molecule has 0 saturated carbocycles. The van der Waals surface area contributed by atoms with Crippen molar-refractivity contribution in [2.45, 2.75) is 19.1 Å². The first-order chi connectivity index (χ1) is 7.64. The molecular weight excluding hydrogens is 204 g/mol. The van der Waals surface area contributed by atoms with Gasteiger partial charge in [-0.2, -0.15) is 0 Å². The van der Waals surface area contributed by atoms with E-state index >= 15 is 0 Å². The first-order valence-corrected chi connectivity index (χ1v) is 5.29. The molecule has 0 saturated heterocycles. The largest absolute Gasteiger partial charge is 0.491 e. The maximum absolute atomic E-state index is 9.66. The maximum atomic E-state index is 9.66. The first kappa shape index (κ1) is 12.7. The van der Waals surface area contributed by atoms with Crippen molar-refractivity contribution >= 4 is 0 Å². The standard InChI is InChI=1S/C13H18O3/c1-3-9-13(2,14)16-11-10-15-12-7-5-4-6-8-12/h3-8,14H,1,9-11H2,2H3. The van der Waals surface area contributed by atoms with Crippen LogP contribution in [-0.2, 0) is 4.74 Å². The van der Waals surface area contributed by atoms with Crippen LogP contribution in [0, 0.1) is 0 Å². The second-order valence-electron chi connectivity index (χ2n) is 3.68. The highest BCUT2D eigenvalue weighted by Gasteiger charge is 2.18. The predicted molar refractivity (Wildman–Crippen MR) is 63.3 cm³/mol. The zero-order chi connectivity index (χ0) is 11.9. The van der Waals surface area contributed by atoms with E-state index in [0.717, 1.165) is 5.75 Å². The summed E-state index contributed by atoms with van der Waals surface area (Å²) < 4.78 is 10.7. The molecule has 1 rings (SSSR count). The Morgan fingerprint density at radius 1 is 1.31 bits per heavy atom. The van der Waals surface area contributed by atoms with Crippen LogP contribution in [-0.4, -0.2) is 24.1 Å². The third kappa shape index (κ3) is 4.96. The van der Waals surface area contributed by atoms with Gasteiger partial charge in [-0.05, 0) is 19.1 Å². The molecule has 1 aromatic carbocycles. The molecule has 16 heavy (non-hydrogen) atoms. The Hall–Kier alpha value is -1.32. The van der Waals surface area contributed by atoms with Crippen molar-refractivity contribution in [3.63, 3.8) is 0 Å². The lowest BCUT2D eigenvalue weighted by atomic mass is 10.2. The van der Waals surface area contributed by atoms with Crippen LogP contribution >= 0.6 is 0 Å². The van der Waals surface area contributed by atoms with E-state index in [1.807, 2.05) is 30.3 Å². The zero-order valence-electron chi connectivity index (χ0n) is 9.56. The Balaban J connectivity index is 2.19. The molecule has 3 nitrogen and oxygen atoms in total. The molecule has 1 N–H and O–H groups in total. The van der Waals surface area contributed by atoms with E-state index in [0.29, 0.717) is 19.6 Å². The molecule has 0 spiro atoms. The smallest absolute Gasteiger partial charge is 0.166 e. The lowest BCUT2D eigenvalue weighted by molar-refractivity contribution is -0.190. The summed E-state index contributed by atoms with van der Waals surface area (Å²) in [4.78, 5) is 0. The van der Waals surface area contributed by atoms with E-state index in [1.54, 1.807) is 13.0 Å². The fraction of sp³-hybridized carbons (Fsp3) is 0.385. The van der Waals surface area contributed by atoms with Gasteiger partial charge in [-0.3, -0.25) is 0 Å². The fourth-order valence-electron chi connectivity index (χ4n) is 1.26. The van der Waals surface area contributed by atoms with Gasteiger partial charge in [0.15, 0.2) is 5.79 Å². The number of rotatable bonds is 7. The van der Waals surface area contributed by atoms with Gasteiger partial charge in [0.05, 0.1) is 6.61 Å². The minimum Gasteiger partial charge on any atom is -0.491 e. The predicted octanol–water partition coefficient (Wildman–Crippen LogP) is 2.37. The van der Waals surface area contributed by atoms with Gasteiger partial charge < -0.3 is 14.6 Å². The summed E-state index contributed by atoms with van der Waals surface area (Å²) >= 11 is 0. The van der Waals surface area contributed by atoms with Crippen molar-refractivity contribution in [3.05, 3.63) is 43.0 Å². The zero-order valence-corrected chi connectivity index (χ0v) is 9.56. The lowest BCUT2D eigenvalue weighted by Crippen LogP contribution is -2.29. The first-order valence-electron chi connectivity index (χ1n) is 5.29. The molecule has 0 fully saturated rings. The molecule has 0 bridgehead atoms. The van der Waals surface area contributed by atoms with E-state index in [4.69, 9.17) is 9.47 Å². The summed E-state index contributed by atoms with van der Waals surface area (Å²) in [5.41, 5.74) is 0. The highest BCUT2D eigenvalue weighted by Crippen LogP contribution is 2.12. The Labute approximate surface area is 96.3 Å². The average Bonchev–Trinajstić information content (AvgIpc) is 2.26. The summed E-state index contributed by atoms with van der Waals surface area (Å²) in [6, 6.07) is 9.50. The number of hydrogen-bond donors (Lipinski definition) is 1. The van der Waals surface area contributed by atoms with Crippen LogP contribution in [0.1, 0.15) is 13.3 Å². The van der Waals surface area contributed by atoms with Crippen LogP contribution in [0.4, 0.5) is 0 Å². The summed E-state index contributed by atoms with van der Waals surface area (Å²) in [6.45, 7) is 5.92. The molecule has 1 aromatic rings. The number of hydrogen-bond acceptors (Lipinski definition) is 3. The molecule has 0 amide bonds. The third-order valence-corrected chi connectivity index (χ3v) is 2.03. The van der Waals surface area contributed by atoms with E-state index in [1.165, 1.54) is 0 Å². The second kappa shape index (κ2) is 6.30. The Morgan fingerprint density at radius 3 is 2.62 bits per heavy atom. The molecule has 0 aromatic heterocycles. The Bertz CT molecular complexity index is 306. The quantitative estimate of drug-likeness (QED) is 0.437. The van der Waals surface area contributed by atoms with E-state index in [-0.39, 0.29) is 0 Å². The highest BCUT2D eigenvalue weighted by atomic mass is 16.6. The maximum Gasteiger partial charge on any atom is 0.166 e. The van der Waals surface area contributed by atoms with Gasteiger partial charge in [0.2, 0.25) is 0 Å². The molecule has 1 unspecified atom stereocenters. The minimum atomic E-state index is -1.15. The Morgan fingerprint density at radius 2 is 2.00 bits per heavy atom. The molecule has 3 heteroatoms. The van der Waals surface area contributed by atoms with Crippen molar-refractivity contribution in [1.29, 1.82) is 0 Å². The molecule has 0 radical (unpaired) electrons. The molecule has 0 aliphatic heterocycles. The van der Waals surface area contributed by atoms with E-state index < -0.39 is 5.79 Å². The molecule has 1 atom stereocenters. The molecular formula is C13H18O3. The van der Waals surface area contributed by atoms with Crippen molar-refractivity contribution in [3.8, 4) is 5.75 Å². The highest BCUT2D eigenvalue weighted by molar-refractivity contribution is 5.20. The Kier molecular flexibility index (Phi) is 5.02. The lowest BCUT2D eigenvalue weighted by Gasteiger charge is -2.22. The SMILES string of the molecule is C=CCC(C)(O)OCCOc1ccccc1. The van der Waals surface area contributed by atoms with Gasteiger partial charge in [-0.15, -0.1) is 6.58 Å². The second-order valence-corrected chi connectivity index (χ2v) is 3.68. The van der Waals surface area contributed by atoms with Gasteiger partial charge in [0, 0.05) is 6.42 Å². The van der Waals surface area contributed by atoms with Gasteiger partial charge in [0.1, 0.15) is 12.4 Å². The fourth-order valence-corrected chi connectivity index (χ4v) is 1.26. The summed E-state index contributed by atoms with van der Waals surface area (Å²) in [7, 11) is 0. The van der Waals surface area contributed by atoms with Crippen LogP contribution in [0.25, 0.3) is 0 Å². The molecule has 0 heterocycles. The van der Waals surface area contributed by atoms with Crippen molar-refractivity contribution in [2.24, 2.45) is 0 Å². The van der Waals surface area contributed by atoms with Crippen LogP contribution in [0.3, 0.4) is 0 Å². The van der Waals surface area contributed by atoms with Crippen LogP contribution in [0.15, 0.2) is 43.0 Å². The molecule has 0 aliphatic carbocycles. The van der Waals surface area contributed by atoms with Gasteiger partial charge >= 0.3 is 0 Å². The van der Waals surface area contributed by atoms with Gasteiger partial charge in [-0.25, -0.2) is 0 Å². The monoisotopic (exact) mass is 222 g/mol. The average molecular weight is 222 g/mol. The van der Waals surface area contributed by atoms with Crippen molar-refractivity contribution in [2.75, 3.05) is 13.2 Å². The molecule has 88 valence electrons. The van der Waals surface area contributed by atoms with Crippen molar-refractivity contribution in [1.82, 2.24) is 0 Å². The number of benzene rings is 1. The van der Waals surface area contributed by atoms with Crippen LogP contribution in [0.2, 0.25) is 0 Å². The van der Waals surface area contributed by atoms with E-state index in [9.17, 15) is 5.11 Å². The summed E-state index contributed by atoms with van der Waals surface area (Å²) in [6.07, 6.45) is 2.02. The van der Waals surface area contributed by atoms with E-state index in [2.05, 4.69) is 6.58 Å². The van der Waals surface area contributed by atoms with Crippen LogP contribution < -0.4 is 4.74 Å². The summed E-state index contributed by atoms with van der Waals surface area (Å²) in [5.74, 6) is -0.351. The third-order valence-electron chi connectivity index (χ3n) is 2.03. The van der Waals surface area contributed by atoms with Gasteiger partial charge in [-0.1, -0.05) is 24.3 Å². The number of ether oxygens (including phenoxy) is 2. The topological polar surface area (TPSA) is 38.7 Å². The normalized spacial score (nSPS) is 14.1. The van der Waals surface area contributed by atoms with Gasteiger partial charge in [0.25, 0.3) is 0 Å². The van der Waals surface area contributed by atoms with Crippen molar-refractivity contribution < 1.29 is 14.6 Å². The number of para-hydroxylation sites is 1. The molecule has 0 aliphatic rings. The number of aliphatic hydroxyl groups is 1. The minimum absolute atomic E-state index is 0.343.